The molecule has 0 bridgehead atoms. The van der Waals surface area contributed by atoms with Crippen LogP contribution in [0.3, 0.4) is 0 Å². The van der Waals surface area contributed by atoms with Gasteiger partial charge in [0.1, 0.15) is 0 Å². The van der Waals surface area contributed by atoms with E-state index in [-0.39, 0.29) is 102 Å². The summed E-state index contributed by atoms with van der Waals surface area (Å²) in [4.78, 5) is 0. The second-order valence-corrected chi connectivity index (χ2v) is 0. The van der Waals surface area contributed by atoms with Gasteiger partial charge >= 0.3 is 75.5 Å². The first kappa shape index (κ1) is 124. The maximum Gasteiger partial charge on any atom is 2.00 e. The van der Waals surface area contributed by atoms with Crippen LogP contribution in [0, 0.1) is 0 Å². The van der Waals surface area contributed by atoms with E-state index in [0.29, 0.717) is 0 Å². The summed E-state index contributed by atoms with van der Waals surface area (Å²) in [7, 11) is 0. The summed E-state index contributed by atoms with van der Waals surface area (Å²) in [5.74, 6) is 0. The Balaban J connectivity index is 0. The Hall–Kier alpha value is 2.26. The summed E-state index contributed by atoms with van der Waals surface area (Å²) < 4.78 is 0. The van der Waals surface area contributed by atoms with Gasteiger partial charge in [-0.15, -0.1) is 0 Å². The van der Waals surface area contributed by atoms with Crippen LogP contribution in [-0.2, 0) is 0 Å². The second kappa shape index (κ2) is 85.3. The van der Waals surface area contributed by atoms with Gasteiger partial charge in [-0.25, -0.2) is 0 Å². The van der Waals surface area contributed by atoms with Gasteiger partial charge in [-0.1, -0.05) is 0 Å². The molecule has 0 heterocycles. The van der Waals surface area contributed by atoms with E-state index in [1.807, 2.05) is 0 Å². The molecule has 0 spiro atoms. The van der Waals surface area contributed by atoms with Crippen LogP contribution in [0.25, 0.3) is 0 Å². The third kappa shape index (κ3) is 63.4. The van der Waals surface area contributed by atoms with E-state index in [1.165, 1.54) is 0 Å². The van der Waals surface area contributed by atoms with Crippen molar-refractivity contribution in [3.63, 3.8) is 0 Å². The number of halogens is 2. The molecule has 0 aromatic rings. The number of hydrogen-bond donors (Lipinski definition) is 1. The zero-order chi connectivity index (χ0) is 0. The predicted molar refractivity (Wildman–Crippen MR) is 20.4 cm³/mol. The monoisotopic (exact) mass is 169 g/mol. The minimum absolute atomic E-state index is 0. The minimum Gasteiger partial charge on any atom is -1.00 e. The molecule has 0 saturated heterocycles. The van der Waals surface area contributed by atoms with Gasteiger partial charge in [0.05, 0.1) is 0 Å². The molecule has 0 aromatic heterocycles. The summed E-state index contributed by atoms with van der Waals surface area (Å²) in [5.41, 5.74) is 0. The molecule has 0 saturated carbocycles. The van der Waals surface area contributed by atoms with E-state index in [4.69, 9.17) is 0 Å². The SMILES string of the molecule is N.[Ca+2].[Ca+2].[F-].[F-].[OH-].[OH-]. The van der Waals surface area contributed by atoms with Crippen LogP contribution in [0.4, 0.5) is 0 Å². The van der Waals surface area contributed by atoms with Crippen molar-refractivity contribution in [1.82, 2.24) is 6.15 Å². The van der Waals surface area contributed by atoms with E-state index in [1.54, 1.807) is 0 Å². The van der Waals surface area contributed by atoms with E-state index >= 15 is 0 Å². The molecular weight excluding hydrogens is 164 g/mol. The first-order valence-corrected chi connectivity index (χ1v) is 0. The van der Waals surface area contributed by atoms with Gasteiger partial charge in [0, 0.05) is 0 Å². The number of hydrogen-bond acceptors (Lipinski definition) is 3. The van der Waals surface area contributed by atoms with Gasteiger partial charge in [-0.3, -0.25) is 0 Å². The molecule has 0 atom stereocenters. The summed E-state index contributed by atoms with van der Waals surface area (Å²) >= 11 is 0. The van der Waals surface area contributed by atoms with Crippen molar-refractivity contribution >= 4 is 75.5 Å². The fourth-order valence-electron chi connectivity index (χ4n) is 0. The fourth-order valence-corrected chi connectivity index (χ4v) is 0. The summed E-state index contributed by atoms with van der Waals surface area (Å²) in [5, 5.41) is 0. The zero-order valence-electron chi connectivity index (χ0n) is 3.77. The van der Waals surface area contributed by atoms with Crippen LogP contribution in [0.1, 0.15) is 0 Å². The molecule has 5 N–H and O–H groups in total. The fraction of sp³-hybridized carbons (Fsp3) is 0. The molecule has 0 aliphatic rings. The molecule has 7 heavy (non-hydrogen) atoms. The molecule has 0 aliphatic carbocycles. The Morgan fingerprint density at radius 2 is 0.571 bits per heavy atom. The molecule has 40 valence electrons. The average Bonchev–Trinajstić information content (AvgIpc) is 0. The van der Waals surface area contributed by atoms with Crippen LogP contribution < -0.4 is 15.6 Å². The van der Waals surface area contributed by atoms with Gasteiger partial charge in [0.25, 0.3) is 0 Å². The van der Waals surface area contributed by atoms with Crippen molar-refractivity contribution in [3.05, 3.63) is 0 Å². The maximum absolute atomic E-state index is 0. The maximum atomic E-state index is 0. The van der Waals surface area contributed by atoms with Gasteiger partial charge in [-0.05, 0) is 0 Å². The molecule has 0 radical (unpaired) electrons. The molecule has 0 aromatic carbocycles. The molecule has 7 heteroatoms. The van der Waals surface area contributed by atoms with E-state index in [2.05, 4.69) is 0 Å². The zero-order valence-corrected chi connectivity index (χ0v) is 8.19. The van der Waals surface area contributed by atoms with Crippen molar-refractivity contribution in [3.8, 4) is 0 Å². The van der Waals surface area contributed by atoms with Crippen LogP contribution in [0.15, 0.2) is 0 Å². The first-order valence-electron chi connectivity index (χ1n) is 0. The van der Waals surface area contributed by atoms with Crippen molar-refractivity contribution < 1.29 is 20.4 Å². The average molecular weight is 169 g/mol. The normalized spacial score (nSPS) is 0. The molecule has 3 nitrogen and oxygen atoms in total. The minimum atomic E-state index is 0. The Kier molecular flexibility index (Phi) is 1510. The second-order valence-electron chi connectivity index (χ2n) is 0. The summed E-state index contributed by atoms with van der Waals surface area (Å²) in [6.07, 6.45) is 0. The van der Waals surface area contributed by atoms with Crippen molar-refractivity contribution in [2.24, 2.45) is 0 Å². The van der Waals surface area contributed by atoms with Crippen molar-refractivity contribution in [2.45, 2.75) is 0 Å². The van der Waals surface area contributed by atoms with Crippen LogP contribution in [-0.4, -0.2) is 86.4 Å². The third-order valence-electron chi connectivity index (χ3n) is 0. The van der Waals surface area contributed by atoms with E-state index in [9.17, 15) is 0 Å². The molecule has 0 aliphatic heterocycles. The third-order valence-corrected chi connectivity index (χ3v) is 0. The largest absolute Gasteiger partial charge is 2.00 e. The topological polar surface area (TPSA) is 95.0 Å². The molecule has 0 unspecified atom stereocenters. The molecule has 0 fully saturated rings. The van der Waals surface area contributed by atoms with Crippen molar-refractivity contribution in [2.75, 3.05) is 0 Å². The van der Waals surface area contributed by atoms with E-state index in [0.717, 1.165) is 0 Å². The van der Waals surface area contributed by atoms with Crippen LogP contribution >= 0.6 is 0 Å². The van der Waals surface area contributed by atoms with Gasteiger partial charge in [-0.2, -0.15) is 0 Å². The molecular formula is H5Ca2F2NO2. The predicted octanol–water partition coefficient (Wildman–Crippen LogP) is -6.95. The molecule has 0 amide bonds. The summed E-state index contributed by atoms with van der Waals surface area (Å²) in [6, 6.07) is 0. The van der Waals surface area contributed by atoms with Crippen LogP contribution in [0.5, 0.6) is 0 Å². The van der Waals surface area contributed by atoms with Gasteiger partial charge in [0.15, 0.2) is 0 Å². The van der Waals surface area contributed by atoms with Gasteiger partial charge < -0.3 is 26.5 Å². The Morgan fingerprint density at radius 3 is 0.571 bits per heavy atom. The van der Waals surface area contributed by atoms with Crippen molar-refractivity contribution in [1.29, 1.82) is 0 Å². The Bertz CT molecular complexity index is 13.7. The Morgan fingerprint density at radius 1 is 0.571 bits per heavy atom. The van der Waals surface area contributed by atoms with E-state index < -0.39 is 0 Å². The smallest absolute Gasteiger partial charge is 1.00 e. The molecule has 0 rings (SSSR count). The van der Waals surface area contributed by atoms with Crippen LogP contribution in [0.2, 0.25) is 0 Å². The number of rotatable bonds is 0. The first-order chi connectivity index (χ1) is 0. The Labute approximate surface area is 100 Å². The summed E-state index contributed by atoms with van der Waals surface area (Å²) in [6.45, 7) is 0. The van der Waals surface area contributed by atoms with Gasteiger partial charge in [0.2, 0.25) is 0 Å². The standard InChI is InChI=1S/2Ca.2FH.H3N.2H2O/h;;2*1H;1H3;2*1H2/q2*+2;;;;;/p-4. The quantitative estimate of drug-likeness (QED) is 0.365.